The lowest BCUT2D eigenvalue weighted by Gasteiger charge is -2.14. The Bertz CT molecular complexity index is 548. The fourth-order valence-corrected chi connectivity index (χ4v) is 4.20. The number of thiophene rings is 1. The molecule has 1 unspecified atom stereocenters. The van der Waals surface area contributed by atoms with Gasteiger partial charge in [0.05, 0.1) is 6.04 Å². The summed E-state index contributed by atoms with van der Waals surface area (Å²) in [5.41, 5.74) is 7.20. The molecule has 1 heterocycles. The van der Waals surface area contributed by atoms with E-state index in [9.17, 15) is 0 Å². The van der Waals surface area contributed by atoms with Crippen molar-refractivity contribution in [3.8, 4) is 0 Å². The Kier molecular flexibility index (Phi) is 4.20. The summed E-state index contributed by atoms with van der Waals surface area (Å²) in [5, 5.41) is 0. The Morgan fingerprint density at radius 1 is 1.20 bits per heavy atom. The van der Waals surface area contributed by atoms with Crippen LogP contribution in [0.4, 0.5) is 0 Å². The Balaban J connectivity index is 1.79. The van der Waals surface area contributed by atoms with Gasteiger partial charge in [-0.05, 0) is 56.2 Å². The molecule has 1 atom stereocenters. The summed E-state index contributed by atoms with van der Waals surface area (Å²) in [6.45, 7) is 2.12. The quantitative estimate of drug-likeness (QED) is 0.664. The number of benzene rings is 1. The molecule has 0 bridgehead atoms. The molecular weight excluding hydrogens is 264 g/mol. The minimum atomic E-state index is 0.230. The normalized spacial score (nSPS) is 15.9. The topological polar surface area (TPSA) is 38.0 Å². The molecule has 20 heavy (non-hydrogen) atoms. The van der Waals surface area contributed by atoms with Crippen LogP contribution in [0.2, 0.25) is 0 Å². The zero-order chi connectivity index (χ0) is 13.9. The van der Waals surface area contributed by atoms with E-state index in [1.807, 2.05) is 11.3 Å². The number of hydrogen-bond acceptors (Lipinski definition) is 3. The van der Waals surface area contributed by atoms with E-state index >= 15 is 0 Å². The predicted octanol–water partition coefficient (Wildman–Crippen LogP) is 3.68. The molecule has 106 valence electrons. The number of fused-ring (bicyclic) bond motifs is 1. The highest BCUT2D eigenvalue weighted by atomic mass is 32.1. The zero-order valence-electron chi connectivity index (χ0n) is 12.0. The van der Waals surface area contributed by atoms with E-state index in [4.69, 9.17) is 5.84 Å². The van der Waals surface area contributed by atoms with Crippen LogP contribution >= 0.6 is 11.3 Å². The summed E-state index contributed by atoms with van der Waals surface area (Å²) in [4.78, 5) is 2.97. The van der Waals surface area contributed by atoms with Crippen LogP contribution in [0.25, 0.3) is 0 Å². The van der Waals surface area contributed by atoms with E-state index in [2.05, 4.69) is 42.7 Å². The maximum absolute atomic E-state index is 5.80. The first-order valence-electron chi connectivity index (χ1n) is 7.39. The molecule has 0 amide bonds. The third-order valence-corrected chi connectivity index (χ3v) is 5.47. The first-order chi connectivity index (χ1) is 9.76. The van der Waals surface area contributed by atoms with E-state index in [1.165, 1.54) is 41.7 Å². The van der Waals surface area contributed by atoms with Gasteiger partial charge in [0.2, 0.25) is 0 Å². The van der Waals surface area contributed by atoms with E-state index in [0.717, 1.165) is 6.42 Å². The predicted molar refractivity (Wildman–Crippen MR) is 85.9 cm³/mol. The summed E-state index contributed by atoms with van der Waals surface area (Å²) in [6.07, 6.45) is 6.12. The van der Waals surface area contributed by atoms with Crippen LogP contribution < -0.4 is 11.3 Å². The van der Waals surface area contributed by atoms with Gasteiger partial charge >= 0.3 is 0 Å². The van der Waals surface area contributed by atoms with Crippen LogP contribution in [0, 0.1) is 6.92 Å². The number of nitrogens with two attached hydrogens (primary N) is 1. The van der Waals surface area contributed by atoms with Gasteiger partial charge in [-0.1, -0.05) is 29.8 Å². The molecule has 0 saturated heterocycles. The highest BCUT2D eigenvalue weighted by Crippen LogP contribution is 2.33. The molecule has 0 fully saturated rings. The molecule has 1 aliphatic rings. The number of hydrogen-bond donors (Lipinski definition) is 2. The van der Waals surface area contributed by atoms with Crippen molar-refractivity contribution < 1.29 is 0 Å². The summed E-state index contributed by atoms with van der Waals surface area (Å²) < 4.78 is 0. The first kappa shape index (κ1) is 13.8. The van der Waals surface area contributed by atoms with Gasteiger partial charge in [-0.25, -0.2) is 0 Å². The van der Waals surface area contributed by atoms with Gasteiger partial charge in [-0.3, -0.25) is 11.3 Å². The minimum Gasteiger partial charge on any atom is -0.271 e. The van der Waals surface area contributed by atoms with Crippen LogP contribution in [0.3, 0.4) is 0 Å². The van der Waals surface area contributed by atoms with Crippen molar-refractivity contribution in [3.05, 3.63) is 56.8 Å². The molecule has 3 N–H and O–H groups in total. The van der Waals surface area contributed by atoms with Gasteiger partial charge in [0.25, 0.3) is 0 Å². The van der Waals surface area contributed by atoms with Gasteiger partial charge < -0.3 is 0 Å². The second-order valence-corrected chi connectivity index (χ2v) is 6.88. The molecule has 0 aliphatic heterocycles. The van der Waals surface area contributed by atoms with E-state index in [-0.39, 0.29) is 6.04 Å². The van der Waals surface area contributed by atoms with E-state index in [1.54, 1.807) is 10.4 Å². The molecule has 2 nitrogen and oxygen atoms in total. The van der Waals surface area contributed by atoms with Gasteiger partial charge in [0.15, 0.2) is 0 Å². The first-order valence-corrected chi connectivity index (χ1v) is 8.21. The minimum absolute atomic E-state index is 0.230. The molecule has 2 aromatic rings. The molecule has 3 rings (SSSR count). The highest BCUT2D eigenvalue weighted by Gasteiger charge is 2.18. The summed E-state index contributed by atoms with van der Waals surface area (Å²) in [6, 6.07) is 11.3. The molecular formula is C17H22N2S. The van der Waals surface area contributed by atoms with Crippen molar-refractivity contribution in [3.63, 3.8) is 0 Å². The largest absolute Gasteiger partial charge is 0.271 e. The summed E-state index contributed by atoms with van der Waals surface area (Å²) in [7, 11) is 0. The average molecular weight is 286 g/mol. The molecule has 1 aromatic heterocycles. The molecule has 3 heteroatoms. The Hall–Kier alpha value is -1.16. The van der Waals surface area contributed by atoms with Crippen molar-refractivity contribution in [2.45, 2.75) is 45.1 Å². The molecule has 1 aromatic carbocycles. The summed E-state index contributed by atoms with van der Waals surface area (Å²) in [5.74, 6) is 5.80. The SMILES string of the molecule is Cc1ccc(CC(NN)c2cc3c(s2)CCCC3)cc1. The van der Waals surface area contributed by atoms with Crippen molar-refractivity contribution >= 4 is 11.3 Å². The van der Waals surface area contributed by atoms with Crippen molar-refractivity contribution in [1.29, 1.82) is 0 Å². The van der Waals surface area contributed by atoms with Crippen molar-refractivity contribution in [2.24, 2.45) is 5.84 Å². The van der Waals surface area contributed by atoms with Crippen LogP contribution in [-0.4, -0.2) is 0 Å². The maximum Gasteiger partial charge on any atom is 0.0593 e. The lowest BCUT2D eigenvalue weighted by Crippen LogP contribution is -2.28. The second kappa shape index (κ2) is 6.08. The van der Waals surface area contributed by atoms with Crippen LogP contribution in [-0.2, 0) is 19.3 Å². The molecule has 0 saturated carbocycles. The zero-order valence-corrected chi connectivity index (χ0v) is 12.8. The number of rotatable bonds is 4. The number of nitrogens with one attached hydrogen (secondary N) is 1. The molecule has 1 aliphatic carbocycles. The monoisotopic (exact) mass is 286 g/mol. The fourth-order valence-electron chi connectivity index (χ4n) is 2.89. The van der Waals surface area contributed by atoms with E-state index < -0.39 is 0 Å². The molecule has 0 spiro atoms. The average Bonchev–Trinajstić information content (AvgIpc) is 2.90. The van der Waals surface area contributed by atoms with Crippen molar-refractivity contribution in [2.75, 3.05) is 0 Å². The second-order valence-electron chi connectivity index (χ2n) is 5.71. The summed E-state index contributed by atoms with van der Waals surface area (Å²) >= 11 is 1.95. The Morgan fingerprint density at radius 3 is 2.65 bits per heavy atom. The standard InChI is InChI=1S/C17H22N2S/c1-12-6-8-13(9-7-12)10-15(19-18)17-11-14-4-2-3-5-16(14)20-17/h6-9,11,15,19H,2-5,10,18H2,1H3. The molecule has 0 radical (unpaired) electrons. The van der Waals surface area contributed by atoms with Crippen LogP contribution in [0.15, 0.2) is 30.3 Å². The van der Waals surface area contributed by atoms with E-state index in [0.29, 0.717) is 0 Å². The Labute approximate surface area is 125 Å². The smallest absolute Gasteiger partial charge is 0.0593 e. The van der Waals surface area contributed by atoms with Gasteiger partial charge in [0.1, 0.15) is 0 Å². The lowest BCUT2D eigenvalue weighted by molar-refractivity contribution is 0.560. The third kappa shape index (κ3) is 2.95. The highest BCUT2D eigenvalue weighted by molar-refractivity contribution is 7.12. The van der Waals surface area contributed by atoms with Gasteiger partial charge in [0, 0.05) is 9.75 Å². The van der Waals surface area contributed by atoms with Gasteiger partial charge in [-0.15, -0.1) is 11.3 Å². The Morgan fingerprint density at radius 2 is 1.95 bits per heavy atom. The maximum atomic E-state index is 5.80. The van der Waals surface area contributed by atoms with Crippen molar-refractivity contribution in [1.82, 2.24) is 5.43 Å². The van der Waals surface area contributed by atoms with Gasteiger partial charge in [-0.2, -0.15) is 0 Å². The fraction of sp³-hybridized carbons (Fsp3) is 0.412. The van der Waals surface area contributed by atoms with Crippen LogP contribution in [0.5, 0.6) is 0 Å². The third-order valence-electron chi connectivity index (χ3n) is 4.12. The lowest BCUT2D eigenvalue weighted by atomic mass is 9.98. The number of aryl methyl sites for hydroxylation is 3. The number of hydrazine groups is 1. The van der Waals surface area contributed by atoms with Crippen LogP contribution in [0.1, 0.15) is 45.3 Å².